The van der Waals surface area contributed by atoms with Gasteiger partial charge in [0, 0.05) is 24.1 Å². The maximum Gasteiger partial charge on any atom is 0.414 e. The largest absolute Gasteiger partial charge is 0.494 e. The topological polar surface area (TPSA) is 107 Å². The third kappa shape index (κ3) is 6.91. The van der Waals surface area contributed by atoms with Gasteiger partial charge in [0.1, 0.15) is 17.6 Å². The van der Waals surface area contributed by atoms with Gasteiger partial charge in [-0.05, 0) is 39.8 Å². The van der Waals surface area contributed by atoms with E-state index >= 15 is 0 Å². The number of amides is 3. The van der Waals surface area contributed by atoms with E-state index in [1.807, 2.05) is 32.9 Å². The Balaban J connectivity index is 1.91. The molecular formula is C21H32N3O6+. The van der Waals surface area contributed by atoms with Crippen molar-refractivity contribution >= 4 is 17.9 Å². The highest BCUT2D eigenvalue weighted by Crippen LogP contribution is 2.35. The molecule has 3 amide bonds. The summed E-state index contributed by atoms with van der Waals surface area (Å²) in [5, 5.41) is 5.02. The van der Waals surface area contributed by atoms with Crippen molar-refractivity contribution in [1.29, 1.82) is 0 Å². The maximum absolute atomic E-state index is 12.4. The number of likely N-dealkylation sites (N-methyl/N-ethyl adjacent to an activating group) is 1. The summed E-state index contributed by atoms with van der Waals surface area (Å²) < 4.78 is 16.2. The second-order valence-corrected chi connectivity index (χ2v) is 7.14. The summed E-state index contributed by atoms with van der Waals surface area (Å²) in [5.74, 6) is 0.879. The van der Waals surface area contributed by atoms with E-state index in [1.54, 1.807) is 6.92 Å². The number of rotatable bonds is 10. The van der Waals surface area contributed by atoms with Crippen molar-refractivity contribution in [3.63, 3.8) is 0 Å². The molecule has 0 spiro atoms. The van der Waals surface area contributed by atoms with Crippen LogP contribution in [0.5, 0.6) is 11.5 Å². The molecule has 0 saturated heterocycles. The molecule has 1 unspecified atom stereocenters. The zero-order valence-electron chi connectivity index (χ0n) is 18.1. The second kappa shape index (κ2) is 11.4. The summed E-state index contributed by atoms with van der Waals surface area (Å²) in [7, 11) is 0. The standard InChI is InChI=1S/C21H31N3O6/c1-5-24(13-20(26)23-21(27)29-7-3)12-19(25)22-11-16-10-18-15(8-14(4)30-18)9-17(16)28-6-2/h9-10,14H,5-8,11-13H2,1-4H3,(H,22,25)(H,23,26,27)/p+1/t14-/m1/s1. The predicted molar refractivity (Wildman–Crippen MR) is 110 cm³/mol. The molecule has 1 aromatic rings. The zero-order valence-corrected chi connectivity index (χ0v) is 18.1. The number of benzene rings is 1. The fourth-order valence-corrected chi connectivity index (χ4v) is 3.26. The number of quaternary nitrogens is 1. The van der Waals surface area contributed by atoms with Crippen molar-refractivity contribution in [1.82, 2.24) is 10.6 Å². The first-order valence-corrected chi connectivity index (χ1v) is 10.4. The molecule has 1 aliphatic heterocycles. The molecule has 9 nitrogen and oxygen atoms in total. The fraction of sp³-hybridized carbons (Fsp3) is 0.571. The zero-order chi connectivity index (χ0) is 22.1. The number of hydrogen-bond acceptors (Lipinski definition) is 6. The molecule has 1 aliphatic rings. The van der Waals surface area contributed by atoms with Crippen LogP contribution in [0.4, 0.5) is 4.79 Å². The van der Waals surface area contributed by atoms with Crippen molar-refractivity contribution in [3.05, 3.63) is 23.3 Å². The highest BCUT2D eigenvalue weighted by Gasteiger charge is 2.23. The van der Waals surface area contributed by atoms with E-state index in [1.165, 1.54) is 0 Å². The number of carbonyl (C=O) groups is 3. The molecule has 2 rings (SSSR count). The Morgan fingerprint density at radius 2 is 1.87 bits per heavy atom. The molecule has 2 atom stereocenters. The Bertz CT molecular complexity index is 767. The van der Waals surface area contributed by atoms with Gasteiger partial charge in [-0.1, -0.05) is 0 Å². The molecule has 0 fully saturated rings. The van der Waals surface area contributed by atoms with E-state index in [9.17, 15) is 14.4 Å². The van der Waals surface area contributed by atoms with Crippen LogP contribution in [0.2, 0.25) is 0 Å². The Labute approximate surface area is 177 Å². The van der Waals surface area contributed by atoms with Gasteiger partial charge in [0.05, 0.1) is 19.8 Å². The van der Waals surface area contributed by atoms with E-state index < -0.39 is 12.0 Å². The summed E-state index contributed by atoms with van der Waals surface area (Å²) >= 11 is 0. The first-order valence-electron chi connectivity index (χ1n) is 10.4. The van der Waals surface area contributed by atoms with E-state index in [-0.39, 0.29) is 31.7 Å². The lowest BCUT2D eigenvalue weighted by molar-refractivity contribution is -0.881. The number of alkyl carbamates (subject to hydrolysis) is 1. The van der Waals surface area contributed by atoms with Gasteiger partial charge >= 0.3 is 6.09 Å². The Kier molecular flexibility index (Phi) is 8.91. The molecular weight excluding hydrogens is 390 g/mol. The molecule has 3 N–H and O–H groups in total. The van der Waals surface area contributed by atoms with Crippen LogP contribution in [0, 0.1) is 0 Å². The minimum Gasteiger partial charge on any atom is -0.494 e. The van der Waals surface area contributed by atoms with Crippen LogP contribution in [0.3, 0.4) is 0 Å². The second-order valence-electron chi connectivity index (χ2n) is 7.14. The van der Waals surface area contributed by atoms with Crippen molar-refractivity contribution < 1.29 is 33.5 Å². The Morgan fingerprint density at radius 3 is 2.53 bits per heavy atom. The SMILES string of the molecule is CCOC(=O)NC(=O)C[NH+](CC)CC(=O)NCc1cc2c(cc1OCC)C[C@@H](C)O2. The molecule has 1 aromatic carbocycles. The van der Waals surface area contributed by atoms with Crippen molar-refractivity contribution in [2.45, 2.75) is 46.8 Å². The number of nitrogens with one attached hydrogen (secondary N) is 3. The first-order chi connectivity index (χ1) is 14.4. The molecule has 0 saturated carbocycles. The average Bonchev–Trinajstić information content (AvgIpc) is 3.04. The highest BCUT2D eigenvalue weighted by molar-refractivity contribution is 5.92. The lowest BCUT2D eigenvalue weighted by Crippen LogP contribution is -3.14. The smallest absolute Gasteiger partial charge is 0.414 e. The van der Waals surface area contributed by atoms with Crippen LogP contribution in [0.25, 0.3) is 0 Å². The summed E-state index contributed by atoms with van der Waals surface area (Å²) in [6.45, 7) is 9.12. The lowest BCUT2D eigenvalue weighted by Gasteiger charge is -2.17. The van der Waals surface area contributed by atoms with Crippen LogP contribution in [0.1, 0.15) is 38.8 Å². The lowest BCUT2D eigenvalue weighted by atomic mass is 10.1. The number of imide groups is 1. The molecule has 0 bridgehead atoms. The summed E-state index contributed by atoms with van der Waals surface area (Å²) in [4.78, 5) is 36.4. The van der Waals surface area contributed by atoms with E-state index in [0.717, 1.165) is 33.9 Å². The number of carbonyl (C=O) groups excluding carboxylic acids is 3. The van der Waals surface area contributed by atoms with E-state index in [4.69, 9.17) is 9.47 Å². The number of fused-ring (bicyclic) bond motifs is 1. The quantitative estimate of drug-likeness (QED) is 0.497. The average molecular weight is 423 g/mol. The maximum atomic E-state index is 12.4. The molecule has 0 radical (unpaired) electrons. The molecule has 0 aromatic heterocycles. The summed E-state index contributed by atoms with van der Waals surface area (Å²) in [5.41, 5.74) is 1.95. The third-order valence-electron chi connectivity index (χ3n) is 4.69. The van der Waals surface area contributed by atoms with Crippen LogP contribution in [-0.4, -0.2) is 56.9 Å². The molecule has 9 heteroatoms. The van der Waals surface area contributed by atoms with Gasteiger partial charge in [0.25, 0.3) is 11.8 Å². The Morgan fingerprint density at radius 1 is 1.13 bits per heavy atom. The summed E-state index contributed by atoms with van der Waals surface area (Å²) in [6, 6.07) is 3.90. The number of ether oxygens (including phenoxy) is 3. The number of hydrogen-bond donors (Lipinski definition) is 3. The van der Waals surface area contributed by atoms with Gasteiger partial charge in [-0.2, -0.15) is 0 Å². The minimum absolute atomic E-state index is 0.00248. The van der Waals surface area contributed by atoms with E-state index in [0.29, 0.717) is 19.7 Å². The molecule has 1 heterocycles. The normalized spacial score (nSPS) is 15.5. The van der Waals surface area contributed by atoms with Crippen LogP contribution in [0.15, 0.2) is 12.1 Å². The van der Waals surface area contributed by atoms with Gasteiger partial charge in [0.15, 0.2) is 13.1 Å². The highest BCUT2D eigenvalue weighted by atomic mass is 16.5. The van der Waals surface area contributed by atoms with Crippen molar-refractivity contribution in [2.75, 3.05) is 32.8 Å². The van der Waals surface area contributed by atoms with Gasteiger partial charge in [-0.15, -0.1) is 0 Å². The predicted octanol–water partition coefficient (Wildman–Crippen LogP) is 0.202. The van der Waals surface area contributed by atoms with Gasteiger partial charge < -0.3 is 24.4 Å². The monoisotopic (exact) mass is 422 g/mol. The molecule has 30 heavy (non-hydrogen) atoms. The first kappa shape index (κ1) is 23.5. The van der Waals surface area contributed by atoms with Crippen LogP contribution >= 0.6 is 0 Å². The van der Waals surface area contributed by atoms with Crippen LogP contribution in [-0.2, 0) is 27.3 Å². The molecule has 0 aliphatic carbocycles. The van der Waals surface area contributed by atoms with Crippen molar-refractivity contribution in [3.8, 4) is 11.5 Å². The van der Waals surface area contributed by atoms with Crippen molar-refractivity contribution in [2.24, 2.45) is 0 Å². The Hall–Kier alpha value is -2.81. The van der Waals surface area contributed by atoms with Crippen LogP contribution < -0.4 is 25.0 Å². The van der Waals surface area contributed by atoms with Gasteiger partial charge in [0.2, 0.25) is 0 Å². The minimum atomic E-state index is -0.779. The van der Waals surface area contributed by atoms with Gasteiger partial charge in [-0.25, -0.2) is 4.79 Å². The third-order valence-corrected chi connectivity index (χ3v) is 4.69. The van der Waals surface area contributed by atoms with E-state index in [2.05, 4.69) is 15.4 Å². The van der Waals surface area contributed by atoms with Gasteiger partial charge in [-0.3, -0.25) is 14.9 Å². The summed E-state index contributed by atoms with van der Waals surface area (Å²) in [6.07, 6.45) is 0.186. The molecule has 166 valence electrons. The fourth-order valence-electron chi connectivity index (χ4n) is 3.26.